The Labute approximate surface area is 312 Å². The molecule has 0 fully saturated rings. The summed E-state index contributed by atoms with van der Waals surface area (Å²) in [6.45, 7) is 0. The highest BCUT2D eigenvalue weighted by atomic mass is 32.1. The predicted molar refractivity (Wildman–Crippen MR) is 229 cm³/mol. The molecular weight excluding hydrogens is 683 g/mol. The molecule has 8 aromatic carbocycles. The molecule has 0 spiro atoms. The van der Waals surface area contributed by atoms with Gasteiger partial charge in [-0.1, -0.05) is 146 Å². The lowest BCUT2D eigenvalue weighted by Crippen LogP contribution is -2.36. The summed E-state index contributed by atoms with van der Waals surface area (Å²) in [7, 11) is 0. The number of nitrogens with zero attached hydrogens (tertiary/aromatic N) is 2. The molecule has 1 aliphatic rings. The van der Waals surface area contributed by atoms with Gasteiger partial charge in [0, 0.05) is 46.4 Å². The van der Waals surface area contributed by atoms with Crippen molar-refractivity contribution in [2.24, 2.45) is 4.99 Å². The highest BCUT2D eigenvalue weighted by Crippen LogP contribution is 2.50. The summed E-state index contributed by atoms with van der Waals surface area (Å²) in [5.74, 6) is 0.846. The number of para-hydroxylation sites is 1. The number of aromatic nitrogens is 1. The SMILES string of the molecule is c1ccc(-c2ccc(C3NC(n4c5ccccc5c5c6sc7ccccc7c6c6ccccc6c54)=Nc4c3sc3ccccc43)c3ccccc23)cc1. The van der Waals surface area contributed by atoms with Gasteiger partial charge in [-0.05, 0) is 51.0 Å². The molecule has 53 heavy (non-hydrogen) atoms. The molecule has 1 aliphatic heterocycles. The maximum absolute atomic E-state index is 5.61. The second-order valence-corrected chi connectivity index (χ2v) is 16.0. The topological polar surface area (TPSA) is 29.3 Å². The third kappa shape index (κ3) is 4.12. The summed E-state index contributed by atoms with van der Waals surface area (Å²) < 4.78 is 6.30. The zero-order chi connectivity index (χ0) is 34.6. The summed E-state index contributed by atoms with van der Waals surface area (Å²) >= 11 is 3.75. The standard InChI is InChI=1S/C48H29N3S2/c1-2-14-28(15-3-1)29-26-27-33(31-17-5-4-16-30(29)31)43-47-44(37-22-10-13-25-40(37)53-47)50-48(49-43)51-38-23-11-8-20-35(38)42-45(51)34-19-7-6-18-32(34)41-36-21-9-12-24-39(36)52-46(41)42/h1-27,43H,(H,49,50). The first-order chi connectivity index (χ1) is 26.3. The van der Waals surface area contributed by atoms with Gasteiger partial charge in [-0.2, -0.15) is 0 Å². The van der Waals surface area contributed by atoms with Gasteiger partial charge in [-0.25, -0.2) is 4.99 Å². The Bertz CT molecular complexity index is 3330. The molecule has 1 atom stereocenters. The van der Waals surface area contributed by atoms with Crippen molar-refractivity contribution in [3.05, 3.63) is 174 Å². The minimum absolute atomic E-state index is 0.111. The summed E-state index contributed by atoms with van der Waals surface area (Å²) in [5, 5.41) is 15.5. The van der Waals surface area contributed by atoms with E-state index in [1.165, 1.54) is 89.7 Å². The Morgan fingerprint density at radius 2 is 1.11 bits per heavy atom. The third-order valence-electron chi connectivity index (χ3n) is 11.1. The van der Waals surface area contributed by atoms with Crippen LogP contribution in [-0.2, 0) is 0 Å². The first-order valence-electron chi connectivity index (χ1n) is 18.0. The maximum atomic E-state index is 5.61. The fourth-order valence-corrected chi connectivity index (χ4v) is 11.3. The van der Waals surface area contributed by atoms with Gasteiger partial charge in [0.15, 0.2) is 0 Å². The summed E-state index contributed by atoms with van der Waals surface area (Å²) in [6, 6.07) is 59.5. The molecular formula is C48H29N3S2. The van der Waals surface area contributed by atoms with Crippen LogP contribution >= 0.6 is 22.7 Å². The van der Waals surface area contributed by atoms with E-state index in [4.69, 9.17) is 4.99 Å². The number of rotatable bonds is 2. The van der Waals surface area contributed by atoms with Crippen LogP contribution in [0.15, 0.2) is 169 Å². The van der Waals surface area contributed by atoms with E-state index in [-0.39, 0.29) is 6.04 Å². The van der Waals surface area contributed by atoms with E-state index < -0.39 is 0 Å². The van der Waals surface area contributed by atoms with Crippen molar-refractivity contribution in [1.82, 2.24) is 9.88 Å². The molecule has 0 saturated heterocycles. The fraction of sp³-hybridized carbons (Fsp3) is 0.0208. The van der Waals surface area contributed by atoms with Crippen LogP contribution in [-0.4, -0.2) is 10.5 Å². The van der Waals surface area contributed by atoms with E-state index in [1.807, 2.05) is 22.7 Å². The Balaban J connectivity index is 1.18. The Hall–Kier alpha value is -6.27. The van der Waals surface area contributed by atoms with Crippen LogP contribution in [0.4, 0.5) is 5.69 Å². The molecule has 0 saturated carbocycles. The van der Waals surface area contributed by atoms with Crippen molar-refractivity contribution < 1.29 is 0 Å². The molecule has 248 valence electrons. The van der Waals surface area contributed by atoms with Crippen LogP contribution in [0.1, 0.15) is 16.5 Å². The van der Waals surface area contributed by atoms with E-state index in [0.717, 1.165) is 17.2 Å². The van der Waals surface area contributed by atoms with Crippen molar-refractivity contribution in [2.75, 3.05) is 0 Å². The second kappa shape index (κ2) is 11.1. The third-order valence-corrected chi connectivity index (χ3v) is 13.5. The highest BCUT2D eigenvalue weighted by molar-refractivity contribution is 7.27. The molecule has 11 aromatic rings. The van der Waals surface area contributed by atoms with Crippen LogP contribution in [0.2, 0.25) is 0 Å². The highest BCUT2D eigenvalue weighted by Gasteiger charge is 2.32. The average molecular weight is 712 g/mol. The number of benzene rings is 8. The lowest BCUT2D eigenvalue weighted by molar-refractivity contribution is 0.753. The smallest absolute Gasteiger partial charge is 0.209 e. The van der Waals surface area contributed by atoms with Gasteiger partial charge in [0.25, 0.3) is 0 Å². The minimum Gasteiger partial charge on any atom is -0.343 e. The van der Waals surface area contributed by atoms with E-state index in [0.29, 0.717) is 0 Å². The van der Waals surface area contributed by atoms with Crippen LogP contribution in [0.3, 0.4) is 0 Å². The number of hydrogen-bond donors (Lipinski definition) is 1. The van der Waals surface area contributed by atoms with Crippen LogP contribution in [0, 0.1) is 0 Å². The van der Waals surface area contributed by atoms with E-state index in [9.17, 15) is 0 Å². The van der Waals surface area contributed by atoms with Gasteiger partial charge in [0.05, 0.1) is 27.6 Å². The quantitative estimate of drug-likeness (QED) is 0.190. The molecule has 0 aliphatic carbocycles. The van der Waals surface area contributed by atoms with Crippen molar-refractivity contribution in [1.29, 1.82) is 0 Å². The molecule has 5 heteroatoms. The van der Waals surface area contributed by atoms with E-state index in [1.54, 1.807) is 0 Å². The Morgan fingerprint density at radius 1 is 0.491 bits per heavy atom. The van der Waals surface area contributed by atoms with Gasteiger partial charge >= 0.3 is 0 Å². The number of aliphatic imine (C=N–C) groups is 1. The summed E-state index contributed by atoms with van der Waals surface area (Å²) in [4.78, 5) is 6.85. The van der Waals surface area contributed by atoms with Gasteiger partial charge in [-0.3, -0.25) is 4.57 Å². The van der Waals surface area contributed by atoms with Crippen molar-refractivity contribution >= 4 is 108 Å². The number of fused-ring (bicyclic) bond motifs is 14. The molecule has 12 rings (SSSR count). The molecule has 1 N–H and O–H groups in total. The lowest BCUT2D eigenvalue weighted by Gasteiger charge is -2.28. The number of hydrogen-bond acceptors (Lipinski definition) is 4. The monoisotopic (exact) mass is 711 g/mol. The minimum atomic E-state index is -0.111. The van der Waals surface area contributed by atoms with Crippen LogP contribution in [0.5, 0.6) is 0 Å². The molecule has 3 aromatic heterocycles. The zero-order valence-corrected chi connectivity index (χ0v) is 30.0. The molecule has 0 amide bonds. The second-order valence-electron chi connectivity index (χ2n) is 13.9. The van der Waals surface area contributed by atoms with Crippen molar-refractivity contribution in [3.8, 4) is 11.1 Å². The Kier molecular flexibility index (Phi) is 6.15. The van der Waals surface area contributed by atoms with Crippen molar-refractivity contribution in [3.63, 3.8) is 0 Å². The molecule has 0 radical (unpaired) electrons. The van der Waals surface area contributed by atoms with Gasteiger partial charge in [-0.15, -0.1) is 22.7 Å². The molecule has 4 heterocycles. The van der Waals surface area contributed by atoms with Crippen LogP contribution < -0.4 is 5.32 Å². The van der Waals surface area contributed by atoms with E-state index >= 15 is 0 Å². The first kappa shape index (κ1) is 29.3. The first-order valence-corrected chi connectivity index (χ1v) is 19.6. The number of thiophene rings is 2. The van der Waals surface area contributed by atoms with Crippen molar-refractivity contribution in [2.45, 2.75) is 6.04 Å². The number of nitrogens with one attached hydrogen (secondary N) is 1. The van der Waals surface area contributed by atoms with Gasteiger partial charge < -0.3 is 5.32 Å². The van der Waals surface area contributed by atoms with Crippen LogP contribution in [0.25, 0.3) is 84.7 Å². The van der Waals surface area contributed by atoms with E-state index in [2.05, 4.69) is 174 Å². The normalized spacial score (nSPS) is 14.5. The van der Waals surface area contributed by atoms with Gasteiger partial charge in [0.1, 0.15) is 0 Å². The fourth-order valence-electron chi connectivity index (χ4n) is 8.81. The Morgan fingerprint density at radius 3 is 1.92 bits per heavy atom. The summed E-state index contributed by atoms with van der Waals surface area (Å²) in [6.07, 6.45) is 0. The summed E-state index contributed by atoms with van der Waals surface area (Å²) in [5.41, 5.74) is 7.11. The molecule has 0 bridgehead atoms. The zero-order valence-electron chi connectivity index (χ0n) is 28.4. The van der Waals surface area contributed by atoms with Gasteiger partial charge in [0.2, 0.25) is 5.96 Å². The predicted octanol–water partition coefficient (Wildman–Crippen LogP) is 13.6. The molecule has 3 nitrogen and oxygen atoms in total. The molecule has 1 unspecified atom stereocenters. The maximum Gasteiger partial charge on any atom is 0.209 e. The largest absolute Gasteiger partial charge is 0.343 e. The lowest BCUT2D eigenvalue weighted by atomic mass is 9.91. The average Bonchev–Trinajstić information content (AvgIpc) is 3.91.